The van der Waals surface area contributed by atoms with E-state index in [1.807, 2.05) is 18.2 Å². The molecule has 26 heavy (non-hydrogen) atoms. The number of benzene rings is 2. The molecule has 6 nitrogen and oxygen atoms in total. The quantitative estimate of drug-likeness (QED) is 0.754. The van der Waals surface area contributed by atoms with Gasteiger partial charge in [0, 0.05) is 38.1 Å². The SMILES string of the molecule is COCCCNS(=O)(=O)c1ccc2c(c1)CCN2C(=O)c1ccccc1. The van der Waals surface area contributed by atoms with Crippen LogP contribution in [-0.4, -0.2) is 41.1 Å². The van der Waals surface area contributed by atoms with Gasteiger partial charge in [0.1, 0.15) is 0 Å². The monoisotopic (exact) mass is 374 g/mol. The van der Waals surface area contributed by atoms with Crippen LogP contribution in [0.3, 0.4) is 0 Å². The summed E-state index contributed by atoms with van der Waals surface area (Å²) in [5.41, 5.74) is 2.27. The van der Waals surface area contributed by atoms with E-state index in [1.54, 1.807) is 42.3 Å². The van der Waals surface area contributed by atoms with Crippen molar-refractivity contribution in [2.75, 3.05) is 31.7 Å². The first-order valence-corrected chi connectivity index (χ1v) is 10.00. The van der Waals surface area contributed by atoms with Gasteiger partial charge in [0.2, 0.25) is 10.0 Å². The number of hydrogen-bond acceptors (Lipinski definition) is 4. The van der Waals surface area contributed by atoms with E-state index < -0.39 is 10.0 Å². The number of carbonyl (C=O) groups excluding carboxylic acids is 1. The summed E-state index contributed by atoms with van der Waals surface area (Å²) in [6.07, 6.45) is 1.25. The van der Waals surface area contributed by atoms with Gasteiger partial charge < -0.3 is 9.64 Å². The third-order valence-corrected chi connectivity index (χ3v) is 5.80. The molecule has 0 saturated heterocycles. The number of sulfonamides is 1. The summed E-state index contributed by atoms with van der Waals surface area (Å²) in [5, 5.41) is 0. The topological polar surface area (TPSA) is 75.7 Å². The van der Waals surface area contributed by atoms with Crippen molar-refractivity contribution >= 4 is 21.6 Å². The predicted molar refractivity (Wildman–Crippen MR) is 99.9 cm³/mol. The summed E-state index contributed by atoms with van der Waals surface area (Å²) in [6.45, 7) is 1.38. The molecule has 0 radical (unpaired) electrons. The van der Waals surface area contributed by atoms with Gasteiger partial charge in [-0.05, 0) is 48.7 Å². The molecule has 0 fully saturated rings. The second-order valence-corrected chi connectivity index (χ2v) is 7.87. The minimum absolute atomic E-state index is 0.0716. The van der Waals surface area contributed by atoms with Crippen molar-refractivity contribution in [3.8, 4) is 0 Å². The maximum absolute atomic E-state index is 12.7. The molecule has 2 aromatic carbocycles. The van der Waals surface area contributed by atoms with Gasteiger partial charge in [-0.25, -0.2) is 13.1 Å². The van der Waals surface area contributed by atoms with E-state index in [9.17, 15) is 13.2 Å². The van der Waals surface area contributed by atoms with Crippen LogP contribution >= 0.6 is 0 Å². The van der Waals surface area contributed by atoms with Crippen LogP contribution in [0, 0.1) is 0 Å². The Bertz CT molecular complexity index is 882. The van der Waals surface area contributed by atoms with Crippen LogP contribution in [0.15, 0.2) is 53.4 Å². The van der Waals surface area contributed by atoms with E-state index in [2.05, 4.69) is 4.72 Å². The zero-order chi connectivity index (χ0) is 18.6. The zero-order valence-electron chi connectivity index (χ0n) is 14.6. The van der Waals surface area contributed by atoms with Gasteiger partial charge >= 0.3 is 0 Å². The summed E-state index contributed by atoms with van der Waals surface area (Å²) in [6, 6.07) is 14.0. The van der Waals surface area contributed by atoms with E-state index in [0.717, 1.165) is 11.3 Å². The minimum Gasteiger partial charge on any atom is -0.385 e. The summed E-state index contributed by atoms with van der Waals surface area (Å²) in [4.78, 5) is 14.6. The lowest BCUT2D eigenvalue weighted by molar-refractivity contribution is 0.0989. The van der Waals surface area contributed by atoms with Crippen LogP contribution in [-0.2, 0) is 21.2 Å². The van der Waals surface area contributed by atoms with E-state index in [0.29, 0.717) is 38.1 Å². The van der Waals surface area contributed by atoms with Crippen molar-refractivity contribution in [2.24, 2.45) is 0 Å². The highest BCUT2D eigenvalue weighted by Crippen LogP contribution is 2.31. The third kappa shape index (κ3) is 3.95. The first-order chi connectivity index (χ1) is 12.5. The lowest BCUT2D eigenvalue weighted by atomic mass is 10.1. The average molecular weight is 374 g/mol. The van der Waals surface area contributed by atoms with E-state index in [-0.39, 0.29) is 10.8 Å². The van der Waals surface area contributed by atoms with Crippen molar-refractivity contribution in [3.63, 3.8) is 0 Å². The van der Waals surface area contributed by atoms with Crippen LogP contribution in [0.2, 0.25) is 0 Å². The maximum Gasteiger partial charge on any atom is 0.258 e. The molecule has 0 aliphatic carbocycles. The molecule has 1 aliphatic rings. The molecule has 1 aliphatic heterocycles. The second kappa shape index (κ2) is 7.99. The summed E-state index contributed by atoms with van der Waals surface area (Å²) < 4.78 is 32.3. The number of hydrogen-bond donors (Lipinski definition) is 1. The predicted octanol–water partition coefficient (Wildman–Crippen LogP) is 2.20. The number of amides is 1. The Balaban J connectivity index is 1.77. The fourth-order valence-electron chi connectivity index (χ4n) is 3.00. The molecule has 0 spiro atoms. The first-order valence-electron chi connectivity index (χ1n) is 8.51. The smallest absolute Gasteiger partial charge is 0.258 e. The molecular weight excluding hydrogens is 352 g/mol. The van der Waals surface area contributed by atoms with Gasteiger partial charge in [-0.1, -0.05) is 18.2 Å². The highest BCUT2D eigenvalue weighted by Gasteiger charge is 2.27. The Hall–Kier alpha value is -2.22. The highest BCUT2D eigenvalue weighted by atomic mass is 32.2. The van der Waals surface area contributed by atoms with E-state index in [4.69, 9.17) is 4.74 Å². The minimum atomic E-state index is -3.56. The van der Waals surface area contributed by atoms with Crippen LogP contribution in [0.25, 0.3) is 0 Å². The number of ether oxygens (including phenoxy) is 1. The third-order valence-electron chi connectivity index (χ3n) is 4.34. The fourth-order valence-corrected chi connectivity index (χ4v) is 4.12. The summed E-state index contributed by atoms with van der Waals surface area (Å²) in [7, 11) is -1.98. The Labute approximate surface area is 153 Å². The Morgan fingerprint density at radius 2 is 1.96 bits per heavy atom. The maximum atomic E-state index is 12.7. The standard InChI is InChI=1S/C19H22N2O4S/c1-25-13-5-11-20-26(23,24)17-8-9-18-16(14-17)10-12-21(18)19(22)15-6-3-2-4-7-15/h2-4,6-9,14,20H,5,10-13H2,1H3. The van der Waals surface area contributed by atoms with E-state index >= 15 is 0 Å². The zero-order valence-corrected chi connectivity index (χ0v) is 15.5. The molecule has 7 heteroatoms. The lowest BCUT2D eigenvalue weighted by Gasteiger charge is -2.17. The molecule has 0 bridgehead atoms. The normalized spacial score (nSPS) is 13.7. The molecule has 1 N–H and O–H groups in total. The molecule has 3 rings (SSSR count). The number of methoxy groups -OCH3 is 1. The fraction of sp³-hybridized carbons (Fsp3) is 0.316. The van der Waals surface area contributed by atoms with Gasteiger partial charge in [0.25, 0.3) is 5.91 Å². The van der Waals surface area contributed by atoms with Crippen molar-refractivity contribution in [2.45, 2.75) is 17.7 Å². The number of carbonyl (C=O) groups is 1. The van der Waals surface area contributed by atoms with Crippen molar-refractivity contribution in [1.29, 1.82) is 0 Å². The molecule has 2 aromatic rings. The highest BCUT2D eigenvalue weighted by molar-refractivity contribution is 7.89. The van der Waals surface area contributed by atoms with E-state index in [1.165, 1.54) is 0 Å². The van der Waals surface area contributed by atoms with Crippen molar-refractivity contribution in [3.05, 3.63) is 59.7 Å². The lowest BCUT2D eigenvalue weighted by Crippen LogP contribution is -2.28. The van der Waals surface area contributed by atoms with Gasteiger partial charge in [-0.3, -0.25) is 4.79 Å². The molecule has 0 unspecified atom stereocenters. The van der Waals surface area contributed by atoms with Crippen molar-refractivity contribution < 1.29 is 17.9 Å². The number of nitrogens with one attached hydrogen (secondary N) is 1. The van der Waals surface area contributed by atoms with Gasteiger partial charge in [0.15, 0.2) is 0 Å². The molecule has 0 aromatic heterocycles. The van der Waals surface area contributed by atoms with Crippen LogP contribution in [0.4, 0.5) is 5.69 Å². The average Bonchev–Trinajstić information content (AvgIpc) is 3.08. The van der Waals surface area contributed by atoms with Gasteiger partial charge in [-0.2, -0.15) is 0 Å². The number of nitrogens with zero attached hydrogens (tertiary/aromatic N) is 1. The van der Waals surface area contributed by atoms with Gasteiger partial charge in [-0.15, -0.1) is 0 Å². The largest absolute Gasteiger partial charge is 0.385 e. The first kappa shape index (κ1) is 18.6. The van der Waals surface area contributed by atoms with Crippen molar-refractivity contribution in [1.82, 2.24) is 4.72 Å². The molecule has 0 atom stereocenters. The summed E-state index contributed by atoms with van der Waals surface area (Å²) >= 11 is 0. The van der Waals surface area contributed by atoms with Crippen LogP contribution < -0.4 is 9.62 Å². The molecule has 1 heterocycles. The number of anilines is 1. The Morgan fingerprint density at radius 1 is 1.19 bits per heavy atom. The van der Waals surface area contributed by atoms with Crippen LogP contribution in [0.5, 0.6) is 0 Å². The Kier molecular flexibility index (Phi) is 5.70. The molecule has 0 saturated carbocycles. The molecule has 1 amide bonds. The molecular formula is C19H22N2O4S. The second-order valence-electron chi connectivity index (χ2n) is 6.11. The number of rotatable bonds is 7. The van der Waals surface area contributed by atoms with Crippen LogP contribution in [0.1, 0.15) is 22.3 Å². The number of fused-ring (bicyclic) bond motifs is 1. The summed E-state index contributed by atoms with van der Waals surface area (Å²) in [5.74, 6) is -0.0716. The molecule has 138 valence electrons. The van der Waals surface area contributed by atoms with Gasteiger partial charge in [0.05, 0.1) is 4.90 Å². The Morgan fingerprint density at radius 3 is 2.69 bits per heavy atom.